The average Bonchev–Trinajstić information content (AvgIpc) is 3.40. The van der Waals surface area contributed by atoms with Crippen molar-refractivity contribution in [3.05, 3.63) is 77.4 Å². The van der Waals surface area contributed by atoms with E-state index in [1.54, 1.807) is 0 Å². The summed E-state index contributed by atoms with van der Waals surface area (Å²) in [6.07, 6.45) is -6.27. The number of likely N-dealkylation sites (tertiary alicyclic amines) is 1. The molecule has 0 atom stereocenters. The highest BCUT2D eigenvalue weighted by Gasteiger charge is 2.46. The molecule has 1 saturated heterocycles. The van der Waals surface area contributed by atoms with Crippen molar-refractivity contribution in [1.29, 1.82) is 0 Å². The molecule has 3 aromatic rings. The number of pyridine rings is 1. The van der Waals surface area contributed by atoms with Crippen LogP contribution in [0, 0.1) is 6.92 Å². The van der Waals surface area contributed by atoms with Gasteiger partial charge in [0.15, 0.2) is 0 Å². The summed E-state index contributed by atoms with van der Waals surface area (Å²) in [4.78, 5) is 39.7. The van der Waals surface area contributed by atoms with Crippen molar-refractivity contribution in [2.24, 2.45) is 0 Å². The summed E-state index contributed by atoms with van der Waals surface area (Å²) in [6, 6.07) is 16.3. The lowest BCUT2D eigenvalue weighted by Gasteiger charge is -2.45. The number of aliphatic carboxylic acids is 2. The van der Waals surface area contributed by atoms with Gasteiger partial charge in [0, 0.05) is 37.4 Å². The predicted molar refractivity (Wildman–Crippen MR) is 143 cm³/mol. The third kappa shape index (κ3) is 8.55. The van der Waals surface area contributed by atoms with E-state index in [0.29, 0.717) is 0 Å². The van der Waals surface area contributed by atoms with Gasteiger partial charge in [0.1, 0.15) is 0 Å². The second kappa shape index (κ2) is 13.4. The Morgan fingerprint density at radius 2 is 1.45 bits per heavy atom. The second-order valence-corrected chi connectivity index (χ2v) is 10.3. The molecule has 0 saturated carbocycles. The van der Waals surface area contributed by atoms with Gasteiger partial charge >= 0.3 is 24.3 Å². The standard InChI is InChI=1S/C24H27N5O.2C2HF3O2/c1-18-7-6-8-19(25-18)15-28-13-11-24(12-14-28)17-27(2)23(30)21-16-29(26-22(21)24)20-9-4-3-5-10-20;2*3-2(4,5)1(6)7/h3-10,16H,11-15,17H2,1-2H3;2*(H,6,7). The first-order chi connectivity index (χ1) is 20.4. The number of hydrogen-bond acceptors (Lipinski definition) is 6. The van der Waals surface area contributed by atoms with Gasteiger partial charge in [0.25, 0.3) is 5.91 Å². The number of rotatable bonds is 3. The van der Waals surface area contributed by atoms with Crippen LogP contribution in [0.2, 0.25) is 0 Å². The zero-order valence-corrected chi connectivity index (χ0v) is 23.6. The first-order valence-corrected chi connectivity index (χ1v) is 13.1. The summed E-state index contributed by atoms with van der Waals surface area (Å²) in [5.74, 6) is -5.44. The van der Waals surface area contributed by atoms with Gasteiger partial charge in [-0.25, -0.2) is 14.3 Å². The third-order valence-corrected chi connectivity index (χ3v) is 6.98. The Labute approximate surface area is 247 Å². The molecule has 1 fully saturated rings. The van der Waals surface area contributed by atoms with Crippen LogP contribution in [0.3, 0.4) is 0 Å². The molecule has 0 aliphatic carbocycles. The van der Waals surface area contributed by atoms with E-state index >= 15 is 0 Å². The number of piperidine rings is 1. The Morgan fingerprint density at radius 3 is 1.95 bits per heavy atom. The van der Waals surface area contributed by atoms with Gasteiger partial charge in [-0.3, -0.25) is 14.7 Å². The van der Waals surface area contributed by atoms with Gasteiger partial charge < -0.3 is 15.1 Å². The van der Waals surface area contributed by atoms with Crippen molar-refractivity contribution in [1.82, 2.24) is 24.6 Å². The molecule has 0 bridgehead atoms. The van der Waals surface area contributed by atoms with E-state index in [9.17, 15) is 31.1 Å². The summed E-state index contributed by atoms with van der Waals surface area (Å²) in [6.45, 7) is 5.61. The molecule has 10 nitrogen and oxygen atoms in total. The molecule has 44 heavy (non-hydrogen) atoms. The minimum absolute atomic E-state index is 0.0733. The fourth-order valence-electron chi connectivity index (χ4n) is 4.89. The molecule has 2 aliphatic rings. The first kappa shape index (κ1) is 34.0. The Balaban J connectivity index is 0.000000317. The molecular formula is C28H29F6N5O5. The van der Waals surface area contributed by atoms with Crippen LogP contribution in [0.5, 0.6) is 0 Å². The van der Waals surface area contributed by atoms with Crippen molar-refractivity contribution < 1.29 is 50.9 Å². The molecule has 4 heterocycles. The van der Waals surface area contributed by atoms with Crippen LogP contribution in [0.15, 0.2) is 54.7 Å². The lowest BCUT2D eigenvalue weighted by atomic mass is 9.72. The number of alkyl halides is 6. The van der Waals surface area contributed by atoms with Crippen LogP contribution < -0.4 is 0 Å². The number of carbonyl (C=O) groups is 3. The second-order valence-electron chi connectivity index (χ2n) is 10.3. The lowest BCUT2D eigenvalue weighted by molar-refractivity contribution is -0.193. The maximum absolute atomic E-state index is 12.9. The van der Waals surface area contributed by atoms with Crippen LogP contribution in [-0.4, -0.2) is 91.7 Å². The molecular weight excluding hydrogens is 600 g/mol. The number of carboxylic acids is 2. The number of nitrogens with zero attached hydrogens (tertiary/aromatic N) is 5. The number of amides is 1. The first-order valence-electron chi connectivity index (χ1n) is 13.1. The summed E-state index contributed by atoms with van der Waals surface area (Å²) in [5, 5.41) is 19.2. The van der Waals surface area contributed by atoms with E-state index in [1.165, 1.54) is 0 Å². The highest BCUT2D eigenvalue weighted by atomic mass is 19.4. The maximum Gasteiger partial charge on any atom is 0.490 e. The van der Waals surface area contributed by atoms with Crippen LogP contribution in [0.4, 0.5) is 26.3 Å². The zero-order chi connectivity index (χ0) is 32.9. The number of para-hydroxylation sites is 1. The van der Waals surface area contributed by atoms with Crippen LogP contribution in [-0.2, 0) is 21.5 Å². The van der Waals surface area contributed by atoms with Gasteiger partial charge in [-0.1, -0.05) is 24.3 Å². The van der Waals surface area contributed by atoms with Gasteiger partial charge in [-0.2, -0.15) is 31.4 Å². The Kier molecular flexibility index (Phi) is 10.4. The summed E-state index contributed by atoms with van der Waals surface area (Å²) in [5.41, 5.74) is 4.82. The maximum atomic E-state index is 12.9. The number of carbonyl (C=O) groups excluding carboxylic acids is 1. The smallest absolute Gasteiger partial charge is 0.475 e. The van der Waals surface area contributed by atoms with E-state index in [2.05, 4.69) is 22.0 Å². The van der Waals surface area contributed by atoms with Gasteiger partial charge in [-0.15, -0.1) is 0 Å². The highest BCUT2D eigenvalue weighted by Crippen LogP contribution is 2.41. The number of hydrogen-bond donors (Lipinski definition) is 2. The Bertz CT molecular complexity index is 1440. The van der Waals surface area contributed by atoms with Crippen LogP contribution in [0.25, 0.3) is 5.69 Å². The predicted octanol–water partition coefficient (Wildman–Crippen LogP) is 4.46. The van der Waals surface area contributed by atoms with Crippen molar-refractivity contribution in [2.45, 2.75) is 44.1 Å². The lowest BCUT2D eigenvalue weighted by Crippen LogP contribution is -2.53. The third-order valence-electron chi connectivity index (χ3n) is 6.98. The van der Waals surface area contributed by atoms with Crippen molar-refractivity contribution in [2.75, 3.05) is 26.7 Å². The van der Waals surface area contributed by atoms with Crippen LogP contribution >= 0.6 is 0 Å². The summed E-state index contributed by atoms with van der Waals surface area (Å²) >= 11 is 0. The molecule has 2 N–H and O–H groups in total. The Hall–Kier alpha value is -4.47. The van der Waals surface area contributed by atoms with E-state index in [0.717, 1.165) is 67.4 Å². The largest absolute Gasteiger partial charge is 0.490 e. The average molecular weight is 630 g/mol. The van der Waals surface area contributed by atoms with Crippen LogP contribution in [0.1, 0.15) is 40.3 Å². The van der Waals surface area contributed by atoms with E-state index in [4.69, 9.17) is 24.9 Å². The molecule has 5 rings (SSSR count). The van der Waals surface area contributed by atoms with E-state index in [1.807, 2.05) is 66.1 Å². The Morgan fingerprint density at radius 1 is 0.909 bits per heavy atom. The number of benzene rings is 1. The van der Waals surface area contributed by atoms with Crippen molar-refractivity contribution in [3.63, 3.8) is 0 Å². The fourth-order valence-corrected chi connectivity index (χ4v) is 4.89. The summed E-state index contributed by atoms with van der Waals surface area (Å²) < 4.78 is 65.3. The number of fused-ring (bicyclic) bond motifs is 2. The molecule has 238 valence electrons. The molecule has 16 heteroatoms. The molecule has 1 aromatic carbocycles. The van der Waals surface area contributed by atoms with Crippen molar-refractivity contribution in [3.8, 4) is 5.69 Å². The number of likely N-dealkylation sites (N-methyl/N-ethyl adjacent to an activating group) is 1. The van der Waals surface area contributed by atoms with Crippen molar-refractivity contribution >= 4 is 17.8 Å². The SMILES string of the molecule is Cc1cccc(CN2CCC3(CC2)CN(C)C(=O)c2cn(-c4ccccc4)nc23)n1.O=C(O)C(F)(F)F.O=C(O)C(F)(F)F. The topological polar surface area (TPSA) is 129 Å². The number of aryl methyl sites for hydroxylation is 1. The highest BCUT2D eigenvalue weighted by molar-refractivity contribution is 5.96. The van der Waals surface area contributed by atoms with Gasteiger partial charge in [0.05, 0.1) is 22.6 Å². The van der Waals surface area contributed by atoms with Gasteiger partial charge in [-0.05, 0) is 57.1 Å². The zero-order valence-electron chi connectivity index (χ0n) is 23.6. The molecule has 0 radical (unpaired) electrons. The quantitative estimate of drug-likeness (QED) is 0.407. The monoisotopic (exact) mass is 629 g/mol. The minimum atomic E-state index is -5.08. The molecule has 2 aromatic heterocycles. The minimum Gasteiger partial charge on any atom is -0.475 e. The number of halogens is 6. The normalized spacial score (nSPS) is 16.3. The van der Waals surface area contributed by atoms with E-state index in [-0.39, 0.29) is 11.3 Å². The molecule has 1 spiro atoms. The number of aromatic nitrogens is 3. The fraction of sp³-hybridized carbons (Fsp3) is 0.393. The summed E-state index contributed by atoms with van der Waals surface area (Å²) in [7, 11) is 1.91. The van der Waals surface area contributed by atoms with Gasteiger partial charge in [0.2, 0.25) is 0 Å². The molecule has 1 amide bonds. The molecule has 0 unspecified atom stereocenters. The van der Waals surface area contributed by atoms with E-state index < -0.39 is 24.3 Å². The number of carboxylic acid groups (broad SMARTS) is 2. The molecule has 2 aliphatic heterocycles.